The fourth-order valence-corrected chi connectivity index (χ4v) is 4.32. The monoisotopic (exact) mass is 383 g/mol. The van der Waals surface area contributed by atoms with Gasteiger partial charge in [-0.25, -0.2) is 0 Å². The molecule has 0 bridgehead atoms. The van der Waals surface area contributed by atoms with Crippen LogP contribution in [0.1, 0.15) is 28.8 Å². The second kappa shape index (κ2) is 7.72. The molecule has 3 N–H and O–H groups in total. The fraction of sp³-hybridized carbons (Fsp3) is 0.240. The normalized spacial score (nSPS) is 15.6. The summed E-state index contributed by atoms with van der Waals surface area (Å²) in [5.41, 5.74) is 8.24. The molecule has 4 nitrogen and oxygen atoms in total. The molecule has 1 atom stereocenters. The van der Waals surface area contributed by atoms with Gasteiger partial charge in [0.25, 0.3) is 0 Å². The topological polar surface area (TPSA) is 60.9 Å². The Morgan fingerprint density at radius 1 is 1.00 bits per heavy atom. The minimum absolute atomic E-state index is 0.306. The lowest BCUT2D eigenvalue weighted by Gasteiger charge is -2.11. The van der Waals surface area contributed by atoms with Crippen molar-refractivity contribution in [3.05, 3.63) is 89.4 Å². The van der Waals surface area contributed by atoms with E-state index in [1.165, 1.54) is 22.0 Å². The van der Waals surface area contributed by atoms with Crippen LogP contribution in [0.5, 0.6) is 0 Å². The van der Waals surface area contributed by atoms with E-state index < -0.39 is 0 Å². The number of anilines is 2. The van der Waals surface area contributed by atoms with Crippen LogP contribution in [0.4, 0.5) is 11.4 Å². The molecule has 0 amide bonds. The lowest BCUT2D eigenvalue weighted by molar-refractivity contribution is 0.186. The fourth-order valence-electron chi connectivity index (χ4n) is 4.32. The molecular formula is C25H25N3O. The molecular weight excluding hydrogens is 358 g/mol. The lowest BCUT2D eigenvalue weighted by atomic mass is 10.0. The van der Waals surface area contributed by atoms with E-state index in [0.717, 1.165) is 41.9 Å². The molecule has 0 fully saturated rings. The molecule has 4 aromatic rings. The number of aliphatic hydroxyl groups excluding tert-OH is 1. The number of para-hydroxylation sites is 1. The van der Waals surface area contributed by atoms with E-state index in [4.69, 9.17) is 0 Å². The number of aromatic nitrogens is 2. The molecule has 4 heteroatoms. The van der Waals surface area contributed by atoms with Gasteiger partial charge in [-0.15, -0.1) is 0 Å². The summed E-state index contributed by atoms with van der Waals surface area (Å²) < 4.78 is 0. The van der Waals surface area contributed by atoms with Crippen LogP contribution >= 0.6 is 0 Å². The standard InChI is InChI=1S/C25H25N3O/c29-20-14-22-24(12-13-26-25(22)15-20)28-19-10-8-17(9-11-19)4-3-5-18-16-27-23-7-2-1-6-21(18)23/h1-2,6-13,16,20,27,29H,3-5,14-15H2,(H,26,28)/t20-/m1/s1. The average Bonchev–Trinajstić information content (AvgIpc) is 3.33. The summed E-state index contributed by atoms with van der Waals surface area (Å²) in [6.07, 6.45) is 8.26. The summed E-state index contributed by atoms with van der Waals surface area (Å²) in [5.74, 6) is 0. The summed E-state index contributed by atoms with van der Waals surface area (Å²) in [6.45, 7) is 0. The zero-order valence-corrected chi connectivity index (χ0v) is 16.4. The number of benzene rings is 2. The first-order valence-corrected chi connectivity index (χ1v) is 10.3. The van der Waals surface area contributed by atoms with Crippen molar-refractivity contribution in [1.29, 1.82) is 0 Å². The highest BCUT2D eigenvalue weighted by molar-refractivity contribution is 5.83. The van der Waals surface area contributed by atoms with Gasteiger partial charge in [-0.05, 0) is 60.2 Å². The van der Waals surface area contributed by atoms with Crippen LogP contribution in [-0.2, 0) is 25.7 Å². The van der Waals surface area contributed by atoms with Gasteiger partial charge < -0.3 is 15.4 Å². The van der Waals surface area contributed by atoms with Crippen LogP contribution in [0.3, 0.4) is 0 Å². The van der Waals surface area contributed by atoms with Crippen molar-refractivity contribution in [3.63, 3.8) is 0 Å². The first-order valence-electron chi connectivity index (χ1n) is 10.3. The smallest absolute Gasteiger partial charge is 0.0637 e. The van der Waals surface area contributed by atoms with Crippen molar-refractivity contribution in [1.82, 2.24) is 9.97 Å². The number of nitrogens with zero attached hydrogens (tertiary/aromatic N) is 1. The van der Waals surface area contributed by atoms with Crippen LogP contribution in [0.2, 0.25) is 0 Å². The SMILES string of the molecule is O[C@H]1Cc2nccc(Nc3ccc(CCCc4c[nH]c5ccccc45)cc3)c2C1. The first kappa shape index (κ1) is 18.0. The first-order chi connectivity index (χ1) is 14.3. The van der Waals surface area contributed by atoms with Gasteiger partial charge in [-0.1, -0.05) is 30.3 Å². The Morgan fingerprint density at radius 3 is 2.76 bits per heavy atom. The maximum atomic E-state index is 9.92. The van der Waals surface area contributed by atoms with E-state index in [0.29, 0.717) is 12.8 Å². The predicted octanol–water partition coefficient (Wildman–Crippen LogP) is 4.94. The zero-order valence-electron chi connectivity index (χ0n) is 16.4. The Kier molecular flexibility index (Phi) is 4.78. The van der Waals surface area contributed by atoms with Crippen molar-refractivity contribution in [3.8, 4) is 0 Å². The highest BCUT2D eigenvalue weighted by Crippen LogP contribution is 2.29. The van der Waals surface area contributed by atoms with Gasteiger partial charge in [0, 0.05) is 53.2 Å². The van der Waals surface area contributed by atoms with Gasteiger partial charge >= 0.3 is 0 Å². The molecule has 2 heterocycles. The summed E-state index contributed by atoms with van der Waals surface area (Å²) in [4.78, 5) is 7.76. The number of aromatic amines is 1. The quantitative estimate of drug-likeness (QED) is 0.442. The molecule has 0 saturated carbocycles. The Morgan fingerprint density at radius 2 is 1.86 bits per heavy atom. The molecule has 1 aliphatic rings. The number of fused-ring (bicyclic) bond motifs is 2. The molecule has 2 aromatic heterocycles. The molecule has 0 radical (unpaired) electrons. The largest absolute Gasteiger partial charge is 0.392 e. The Bertz CT molecular complexity index is 1130. The number of aryl methyl sites for hydroxylation is 2. The molecule has 146 valence electrons. The van der Waals surface area contributed by atoms with Crippen LogP contribution in [0, 0.1) is 0 Å². The predicted molar refractivity (Wildman–Crippen MR) is 118 cm³/mol. The molecule has 1 aliphatic carbocycles. The van der Waals surface area contributed by atoms with Crippen LogP contribution < -0.4 is 5.32 Å². The van der Waals surface area contributed by atoms with Crippen LogP contribution in [0.15, 0.2) is 67.0 Å². The molecule has 0 aliphatic heterocycles. The van der Waals surface area contributed by atoms with Gasteiger partial charge in [0.05, 0.1) is 6.10 Å². The van der Waals surface area contributed by atoms with E-state index in [1.54, 1.807) is 0 Å². The van der Waals surface area contributed by atoms with Crippen molar-refractivity contribution in [2.75, 3.05) is 5.32 Å². The molecule has 0 unspecified atom stereocenters. The van der Waals surface area contributed by atoms with Crippen LogP contribution in [0.25, 0.3) is 10.9 Å². The number of pyridine rings is 1. The van der Waals surface area contributed by atoms with Crippen molar-refractivity contribution >= 4 is 22.3 Å². The van der Waals surface area contributed by atoms with E-state index >= 15 is 0 Å². The molecule has 0 spiro atoms. The van der Waals surface area contributed by atoms with Gasteiger partial charge in [-0.2, -0.15) is 0 Å². The molecule has 0 saturated heterocycles. The summed E-state index contributed by atoms with van der Waals surface area (Å²) in [5, 5.41) is 14.7. The van der Waals surface area contributed by atoms with Gasteiger partial charge in [0.1, 0.15) is 0 Å². The van der Waals surface area contributed by atoms with Gasteiger partial charge in [0.15, 0.2) is 0 Å². The Balaban J connectivity index is 1.21. The van der Waals surface area contributed by atoms with Gasteiger partial charge in [-0.3, -0.25) is 4.98 Å². The second-order valence-electron chi connectivity index (χ2n) is 7.88. The molecule has 2 aromatic carbocycles. The number of rotatable bonds is 6. The van der Waals surface area contributed by atoms with Gasteiger partial charge in [0.2, 0.25) is 0 Å². The van der Waals surface area contributed by atoms with Crippen LogP contribution in [-0.4, -0.2) is 21.2 Å². The number of hydrogen-bond donors (Lipinski definition) is 3. The maximum Gasteiger partial charge on any atom is 0.0637 e. The Hall–Kier alpha value is -3.11. The Labute approximate surface area is 170 Å². The summed E-state index contributed by atoms with van der Waals surface area (Å²) in [6, 6.07) is 19.2. The highest BCUT2D eigenvalue weighted by Gasteiger charge is 2.23. The number of hydrogen-bond acceptors (Lipinski definition) is 3. The number of aliphatic hydroxyl groups is 1. The minimum atomic E-state index is -0.306. The number of nitrogens with one attached hydrogen (secondary N) is 2. The van der Waals surface area contributed by atoms with E-state index in [2.05, 4.69) is 70.0 Å². The van der Waals surface area contributed by atoms with E-state index in [-0.39, 0.29) is 6.10 Å². The number of H-pyrrole nitrogens is 1. The summed E-state index contributed by atoms with van der Waals surface area (Å²) in [7, 11) is 0. The highest BCUT2D eigenvalue weighted by atomic mass is 16.3. The van der Waals surface area contributed by atoms with E-state index in [9.17, 15) is 5.11 Å². The maximum absolute atomic E-state index is 9.92. The zero-order chi connectivity index (χ0) is 19.6. The third-order valence-corrected chi connectivity index (χ3v) is 5.83. The van der Waals surface area contributed by atoms with E-state index in [1.807, 2.05) is 12.3 Å². The summed E-state index contributed by atoms with van der Waals surface area (Å²) >= 11 is 0. The third kappa shape index (κ3) is 3.76. The third-order valence-electron chi connectivity index (χ3n) is 5.83. The average molecular weight is 383 g/mol. The van der Waals surface area contributed by atoms with Crippen molar-refractivity contribution < 1.29 is 5.11 Å². The van der Waals surface area contributed by atoms with Crippen molar-refractivity contribution in [2.45, 2.75) is 38.2 Å². The van der Waals surface area contributed by atoms with Crippen molar-refractivity contribution in [2.24, 2.45) is 0 Å². The molecule has 5 rings (SSSR count). The molecule has 29 heavy (non-hydrogen) atoms. The lowest BCUT2D eigenvalue weighted by Crippen LogP contribution is -2.04. The second-order valence-corrected chi connectivity index (χ2v) is 7.88. The minimum Gasteiger partial charge on any atom is -0.392 e.